The predicted molar refractivity (Wildman–Crippen MR) is 130 cm³/mol. The van der Waals surface area contributed by atoms with E-state index in [9.17, 15) is 31.5 Å². The van der Waals surface area contributed by atoms with E-state index in [1.165, 1.54) is 12.1 Å². The van der Waals surface area contributed by atoms with Crippen LogP contribution in [-0.4, -0.2) is 59.3 Å². The zero-order valence-electron chi connectivity index (χ0n) is 20.9. The molecule has 0 spiro atoms. The quantitative estimate of drug-likeness (QED) is 0.420. The van der Waals surface area contributed by atoms with E-state index in [1.807, 2.05) is 0 Å². The number of likely N-dealkylation sites (tertiary alicyclic amines) is 1. The smallest absolute Gasteiger partial charge is 0.416 e. The number of nitrogens with one attached hydrogen (secondary N) is 2. The highest BCUT2D eigenvalue weighted by molar-refractivity contribution is 5.89. The number of carbonyl (C=O) groups is 2. The number of benzene rings is 2. The molecule has 1 aliphatic carbocycles. The van der Waals surface area contributed by atoms with Gasteiger partial charge in [0.15, 0.2) is 0 Å². The SMILES string of the molecule is O=C(O)c1cc(NC2CN(C3CC[C@@](C(=O)NCc4cc(F)cc(C(F)(F)F)c4)(C4CC4)OC3)C2)ccc1F. The number of carboxylic acid groups (broad SMARTS) is 1. The van der Waals surface area contributed by atoms with E-state index in [0.717, 1.165) is 31.0 Å². The molecule has 12 heteroatoms. The summed E-state index contributed by atoms with van der Waals surface area (Å²) in [6, 6.07) is 6.21. The fourth-order valence-electron chi connectivity index (χ4n) is 5.47. The van der Waals surface area contributed by atoms with Crippen LogP contribution in [0.25, 0.3) is 0 Å². The van der Waals surface area contributed by atoms with E-state index in [2.05, 4.69) is 15.5 Å². The zero-order chi connectivity index (χ0) is 27.9. The fraction of sp³-hybridized carbons (Fsp3) is 0.481. The molecule has 2 heterocycles. The van der Waals surface area contributed by atoms with Gasteiger partial charge in [0.05, 0.1) is 23.8 Å². The van der Waals surface area contributed by atoms with Crippen molar-refractivity contribution in [3.63, 3.8) is 0 Å². The number of rotatable bonds is 8. The van der Waals surface area contributed by atoms with Crippen LogP contribution >= 0.6 is 0 Å². The molecule has 0 aromatic heterocycles. The van der Waals surface area contributed by atoms with E-state index in [4.69, 9.17) is 9.84 Å². The van der Waals surface area contributed by atoms with E-state index < -0.39 is 46.4 Å². The Balaban J connectivity index is 1.14. The van der Waals surface area contributed by atoms with Crippen LogP contribution in [-0.2, 0) is 22.3 Å². The number of halogens is 5. The first-order valence-corrected chi connectivity index (χ1v) is 12.8. The van der Waals surface area contributed by atoms with Crippen LogP contribution in [0.15, 0.2) is 36.4 Å². The lowest BCUT2D eigenvalue weighted by Gasteiger charge is -2.49. The summed E-state index contributed by atoms with van der Waals surface area (Å²) in [6.45, 7) is 1.40. The summed E-state index contributed by atoms with van der Waals surface area (Å²) in [6.07, 6.45) is -1.90. The number of anilines is 1. The van der Waals surface area contributed by atoms with Crippen molar-refractivity contribution in [2.45, 2.75) is 56.1 Å². The standard InChI is InChI=1S/C27H28F5N3O4/c28-18-8-15(7-17(9-18)27(30,31)32)11-33-25(38)26(16-1-2-16)6-5-21(14-39-26)35-12-20(13-35)34-19-3-4-23(29)22(10-19)24(36)37/h3-4,7-10,16,20-21,34H,1-2,5-6,11-14H2,(H,33,38)(H,36,37)/t21?,26-/m0/s1. The molecule has 2 aromatic rings. The number of alkyl halides is 3. The summed E-state index contributed by atoms with van der Waals surface area (Å²) in [5, 5.41) is 15.0. The Kier molecular flexibility index (Phi) is 7.27. The van der Waals surface area contributed by atoms with Crippen molar-refractivity contribution in [2.75, 3.05) is 25.0 Å². The van der Waals surface area contributed by atoms with Crippen molar-refractivity contribution < 1.29 is 41.4 Å². The lowest BCUT2D eigenvalue weighted by molar-refractivity contribution is -0.167. The van der Waals surface area contributed by atoms with Gasteiger partial charge in [0, 0.05) is 31.4 Å². The number of carbonyl (C=O) groups excluding carboxylic acids is 1. The van der Waals surface area contributed by atoms with Gasteiger partial charge in [0.2, 0.25) is 0 Å². The number of amides is 1. The van der Waals surface area contributed by atoms with Crippen LogP contribution in [0.5, 0.6) is 0 Å². The maximum Gasteiger partial charge on any atom is 0.416 e. The normalized spacial score (nSPS) is 24.2. The Labute approximate surface area is 221 Å². The summed E-state index contributed by atoms with van der Waals surface area (Å²) in [5.41, 5.74) is -2.02. The molecule has 2 saturated heterocycles. The van der Waals surface area contributed by atoms with Gasteiger partial charge in [-0.05, 0) is 73.6 Å². The first-order chi connectivity index (χ1) is 18.4. The molecule has 5 rings (SSSR count). The first kappa shape index (κ1) is 27.3. The summed E-state index contributed by atoms with van der Waals surface area (Å²) < 4.78 is 72.6. The van der Waals surface area contributed by atoms with Gasteiger partial charge in [-0.25, -0.2) is 13.6 Å². The van der Waals surface area contributed by atoms with Crippen molar-refractivity contribution in [3.8, 4) is 0 Å². The molecule has 2 atom stereocenters. The molecule has 2 aliphatic heterocycles. The van der Waals surface area contributed by atoms with E-state index in [1.54, 1.807) is 0 Å². The minimum absolute atomic E-state index is 0.0195. The summed E-state index contributed by atoms with van der Waals surface area (Å²) in [5.74, 6) is -3.52. The van der Waals surface area contributed by atoms with Crippen molar-refractivity contribution in [2.24, 2.45) is 5.92 Å². The van der Waals surface area contributed by atoms with Crippen molar-refractivity contribution in [3.05, 3.63) is 64.7 Å². The Hall–Kier alpha value is -3.25. The maximum atomic E-state index is 13.7. The van der Waals surface area contributed by atoms with Gasteiger partial charge < -0.3 is 20.5 Å². The number of aromatic carboxylic acids is 1. The molecule has 3 aliphatic rings. The lowest BCUT2D eigenvalue weighted by atomic mass is 9.85. The summed E-state index contributed by atoms with van der Waals surface area (Å²) >= 11 is 0. The van der Waals surface area contributed by atoms with Crippen LogP contribution in [0.4, 0.5) is 27.6 Å². The first-order valence-electron chi connectivity index (χ1n) is 12.8. The van der Waals surface area contributed by atoms with Crippen LogP contribution < -0.4 is 10.6 Å². The molecule has 0 radical (unpaired) electrons. The van der Waals surface area contributed by atoms with Gasteiger partial charge in [-0.1, -0.05) is 0 Å². The van der Waals surface area contributed by atoms with Crippen LogP contribution in [0, 0.1) is 17.6 Å². The average Bonchev–Trinajstić information content (AvgIpc) is 3.71. The molecule has 1 saturated carbocycles. The molecule has 3 fully saturated rings. The maximum absolute atomic E-state index is 13.7. The third kappa shape index (κ3) is 5.86. The molecule has 0 bridgehead atoms. The third-order valence-electron chi connectivity index (χ3n) is 7.74. The fourth-order valence-corrected chi connectivity index (χ4v) is 5.47. The van der Waals surface area contributed by atoms with Crippen molar-refractivity contribution >= 4 is 17.6 Å². The number of carboxylic acids is 1. The molecule has 39 heavy (non-hydrogen) atoms. The summed E-state index contributed by atoms with van der Waals surface area (Å²) in [4.78, 5) is 26.6. The van der Waals surface area contributed by atoms with Crippen LogP contribution in [0.1, 0.15) is 47.2 Å². The molecule has 2 aromatic carbocycles. The van der Waals surface area contributed by atoms with Gasteiger partial charge in [0.1, 0.15) is 17.2 Å². The predicted octanol–water partition coefficient (Wildman–Crippen LogP) is 4.42. The van der Waals surface area contributed by atoms with Gasteiger partial charge >= 0.3 is 12.1 Å². The monoisotopic (exact) mass is 553 g/mol. The minimum atomic E-state index is -4.69. The van der Waals surface area contributed by atoms with E-state index >= 15 is 0 Å². The number of ether oxygens (including phenoxy) is 1. The van der Waals surface area contributed by atoms with E-state index in [-0.39, 0.29) is 30.1 Å². The lowest BCUT2D eigenvalue weighted by Crippen LogP contribution is -2.63. The highest BCUT2D eigenvalue weighted by atomic mass is 19.4. The number of hydrogen-bond donors (Lipinski definition) is 3. The number of nitrogens with zero attached hydrogens (tertiary/aromatic N) is 1. The Morgan fingerprint density at radius 3 is 2.44 bits per heavy atom. The van der Waals surface area contributed by atoms with Crippen molar-refractivity contribution in [1.29, 1.82) is 0 Å². The van der Waals surface area contributed by atoms with Crippen molar-refractivity contribution in [1.82, 2.24) is 10.2 Å². The second kappa shape index (κ2) is 10.4. The molecule has 3 N–H and O–H groups in total. The van der Waals surface area contributed by atoms with E-state index in [0.29, 0.717) is 44.3 Å². The average molecular weight is 554 g/mol. The molecular formula is C27H28F5N3O4. The topological polar surface area (TPSA) is 90.9 Å². The largest absolute Gasteiger partial charge is 0.478 e. The molecule has 210 valence electrons. The number of hydrogen-bond acceptors (Lipinski definition) is 5. The Bertz CT molecular complexity index is 1250. The van der Waals surface area contributed by atoms with Gasteiger partial charge in [-0.2, -0.15) is 13.2 Å². The molecular weight excluding hydrogens is 525 g/mol. The molecule has 7 nitrogen and oxygen atoms in total. The van der Waals surface area contributed by atoms with Crippen LogP contribution in [0.2, 0.25) is 0 Å². The van der Waals surface area contributed by atoms with Crippen LogP contribution in [0.3, 0.4) is 0 Å². The molecule has 1 amide bonds. The highest BCUT2D eigenvalue weighted by Crippen LogP contribution is 2.47. The Morgan fingerprint density at radius 2 is 1.82 bits per heavy atom. The van der Waals surface area contributed by atoms with Gasteiger partial charge in [-0.3, -0.25) is 9.69 Å². The second-order valence-electron chi connectivity index (χ2n) is 10.5. The second-order valence-corrected chi connectivity index (χ2v) is 10.5. The Morgan fingerprint density at radius 1 is 1.08 bits per heavy atom. The highest BCUT2D eigenvalue weighted by Gasteiger charge is 2.54. The van der Waals surface area contributed by atoms with Gasteiger partial charge in [-0.15, -0.1) is 0 Å². The van der Waals surface area contributed by atoms with Gasteiger partial charge in [0.25, 0.3) is 5.91 Å². The third-order valence-corrected chi connectivity index (χ3v) is 7.74. The zero-order valence-corrected chi connectivity index (χ0v) is 20.9. The minimum Gasteiger partial charge on any atom is -0.478 e. The molecule has 1 unspecified atom stereocenters. The summed E-state index contributed by atoms with van der Waals surface area (Å²) in [7, 11) is 0.